The number of amides is 2. The molecule has 0 saturated carbocycles. The van der Waals surface area contributed by atoms with E-state index in [0.717, 1.165) is 32.1 Å². The highest BCUT2D eigenvalue weighted by Crippen LogP contribution is 2.28. The van der Waals surface area contributed by atoms with Gasteiger partial charge in [-0.1, -0.05) is 25.5 Å². The smallest absolute Gasteiger partial charge is 0.313 e. The summed E-state index contributed by atoms with van der Waals surface area (Å²) < 4.78 is 0. The van der Waals surface area contributed by atoms with Gasteiger partial charge in [0.2, 0.25) is 0 Å². The third kappa shape index (κ3) is 6.13. The van der Waals surface area contributed by atoms with Crippen molar-refractivity contribution < 1.29 is 9.59 Å². The fraction of sp³-hybridized carbons (Fsp3) is 0.619. The molecule has 0 radical (unpaired) electrons. The van der Waals surface area contributed by atoms with Gasteiger partial charge in [0, 0.05) is 22.8 Å². The number of aryl methyl sites for hydroxylation is 1. The summed E-state index contributed by atoms with van der Waals surface area (Å²) in [6.45, 7) is 10.6. The van der Waals surface area contributed by atoms with Crippen molar-refractivity contribution in [3.05, 3.63) is 29.8 Å². The van der Waals surface area contributed by atoms with Gasteiger partial charge in [0.05, 0.1) is 0 Å². The minimum atomic E-state index is -0.611. The molecular formula is C21H33N3O2. The van der Waals surface area contributed by atoms with Crippen LogP contribution in [0.25, 0.3) is 0 Å². The largest absolute Gasteiger partial charge is 0.345 e. The van der Waals surface area contributed by atoms with Crippen molar-refractivity contribution in [2.24, 2.45) is 0 Å². The number of piperidine rings is 1. The lowest BCUT2D eigenvalue weighted by atomic mass is 9.79. The molecule has 1 aliphatic heterocycles. The van der Waals surface area contributed by atoms with Crippen LogP contribution in [0.3, 0.4) is 0 Å². The van der Waals surface area contributed by atoms with Crippen LogP contribution < -0.4 is 16.0 Å². The number of rotatable bonds is 5. The molecule has 1 aliphatic rings. The predicted octanol–water partition coefficient (Wildman–Crippen LogP) is 3.39. The van der Waals surface area contributed by atoms with Crippen LogP contribution in [-0.2, 0) is 16.0 Å². The third-order valence-corrected chi connectivity index (χ3v) is 4.76. The molecule has 0 bridgehead atoms. The van der Waals surface area contributed by atoms with Crippen LogP contribution in [0, 0.1) is 0 Å². The van der Waals surface area contributed by atoms with E-state index in [4.69, 9.17) is 0 Å². The van der Waals surface area contributed by atoms with Crippen molar-refractivity contribution in [1.29, 1.82) is 0 Å². The summed E-state index contributed by atoms with van der Waals surface area (Å²) in [6, 6.07) is 7.69. The Labute approximate surface area is 157 Å². The maximum absolute atomic E-state index is 12.3. The molecule has 1 fully saturated rings. The SMILES string of the molecule is CCCCc1ccc(NC(=O)C(=O)NC2CC(C)(C)NC(C)(C)C2)cc1. The molecule has 0 unspecified atom stereocenters. The molecule has 2 amide bonds. The first-order valence-electron chi connectivity index (χ1n) is 9.60. The van der Waals surface area contributed by atoms with Gasteiger partial charge >= 0.3 is 11.8 Å². The highest BCUT2D eigenvalue weighted by molar-refractivity contribution is 6.39. The lowest BCUT2D eigenvalue weighted by Gasteiger charge is -2.46. The molecule has 0 aromatic heterocycles. The molecule has 1 aromatic rings. The molecule has 2 rings (SSSR count). The molecule has 0 spiro atoms. The summed E-state index contributed by atoms with van der Waals surface area (Å²) in [5, 5.41) is 9.16. The zero-order valence-corrected chi connectivity index (χ0v) is 16.7. The summed E-state index contributed by atoms with van der Waals surface area (Å²) in [5.41, 5.74) is 1.74. The fourth-order valence-electron chi connectivity index (χ4n) is 4.00. The molecule has 144 valence electrons. The summed E-state index contributed by atoms with van der Waals surface area (Å²) in [4.78, 5) is 24.5. The van der Waals surface area contributed by atoms with Crippen molar-refractivity contribution in [2.45, 2.75) is 83.8 Å². The molecule has 3 N–H and O–H groups in total. The molecule has 26 heavy (non-hydrogen) atoms. The van der Waals surface area contributed by atoms with Gasteiger partial charge in [0.1, 0.15) is 0 Å². The Hall–Kier alpha value is -1.88. The number of anilines is 1. The Bertz CT molecular complexity index is 619. The second-order valence-electron chi connectivity index (χ2n) is 8.73. The maximum Gasteiger partial charge on any atom is 0.313 e. The van der Waals surface area contributed by atoms with E-state index in [0.29, 0.717) is 5.69 Å². The first-order valence-corrected chi connectivity index (χ1v) is 9.60. The van der Waals surface area contributed by atoms with Gasteiger partial charge in [-0.3, -0.25) is 9.59 Å². The van der Waals surface area contributed by atoms with Crippen LogP contribution in [-0.4, -0.2) is 28.9 Å². The minimum Gasteiger partial charge on any atom is -0.345 e. The Kier molecular flexibility index (Phi) is 6.45. The van der Waals surface area contributed by atoms with E-state index in [-0.39, 0.29) is 17.1 Å². The molecule has 1 aromatic carbocycles. The topological polar surface area (TPSA) is 70.2 Å². The van der Waals surface area contributed by atoms with E-state index in [2.05, 4.69) is 50.6 Å². The van der Waals surface area contributed by atoms with Crippen LogP contribution in [0.5, 0.6) is 0 Å². The molecule has 1 heterocycles. The normalized spacial score (nSPS) is 19.0. The number of carbonyl (C=O) groups excluding carboxylic acids is 2. The van der Waals surface area contributed by atoms with Gasteiger partial charge in [-0.25, -0.2) is 0 Å². The van der Waals surface area contributed by atoms with E-state index in [9.17, 15) is 9.59 Å². The van der Waals surface area contributed by atoms with E-state index in [1.807, 2.05) is 24.3 Å². The Balaban J connectivity index is 1.90. The minimum absolute atomic E-state index is 0.0177. The number of hydrogen-bond acceptors (Lipinski definition) is 3. The molecule has 1 saturated heterocycles. The maximum atomic E-state index is 12.3. The highest BCUT2D eigenvalue weighted by Gasteiger charge is 2.38. The first kappa shape index (κ1) is 20.4. The zero-order chi connectivity index (χ0) is 19.4. The van der Waals surface area contributed by atoms with Crippen molar-refractivity contribution >= 4 is 17.5 Å². The van der Waals surface area contributed by atoms with Gasteiger partial charge < -0.3 is 16.0 Å². The molecule has 5 heteroatoms. The second-order valence-corrected chi connectivity index (χ2v) is 8.73. The summed E-state index contributed by atoms with van der Waals surface area (Å²) in [6.07, 6.45) is 4.93. The number of unbranched alkanes of at least 4 members (excludes halogenated alkanes) is 1. The van der Waals surface area contributed by atoms with Crippen molar-refractivity contribution in [3.8, 4) is 0 Å². The van der Waals surface area contributed by atoms with Crippen LogP contribution in [0.4, 0.5) is 5.69 Å². The Morgan fingerprint density at radius 3 is 2.15 bits per heavy atom. The van der Waals surface area contributed by atoms with Gasteiger partial charge in [-0.2, -0.15) is 0 Å². The van der Waals surface area contributed by atoms with Crippen molar-refractivity contribution in [1.82, 2.24) is 10.6 Å². The zero-order valence-electron chi connectivity index (χ0n) is 16.7. The third-order valence-electron chi connectivity index (χ3n) is 4.76. The number of benzene rings is 1. The quantitative estimate of drug-likeness (QED) is 0.706. The van der Waals surface area contributed by atoms with Crippen molar-refractivity contribution in [2.75, 3.05) is 5.32 Å². The number of nitrogens with one attached hydrogen (secondary N) is 3. The van der Waals surface area contributed by atoms with Crippen LogP contribution >= 0.6 is 0 Å². The van der Waals surface area contributed by atoms with Gasteiger partial charge in [-0.15, -0.1) is 0 Å². The summed E-state index contributed by atoms with van der Waals surface area (Å²) >= 11 is 0. The van der Waals surface area contributed by atoms with Crippen LogP contribution in [0.1, 0.15) is 65.9 Å². The number of carbonyl (C=O) groups is 2. The van der Waals surface area contributed by atoms with Gasteiger partial charge in [-0.05, 0) is 71.1 Å². The lowest BCUT2D eigenvalue weighted by molar-refractivity contribution is -0.137. The van der Waals surface area contributed by atoms with Gasteiger partial charge in [0.15, 0.2) is 0 Å². The van der Waals surface area contributed by atoms with E-state index in [1.54, 1.807) is 0 Å². The second kappa shape index (κ2) is 8.21. The standard InChI is InChI=1S/C21H33N3O2/c1-6-7-8-15-9-11-16(12-10-15)22-18(25)19(26)23-17-13-20(2,3)24-21(4,5)14-17/h9-12,17,24H,6-8,13-14H2,1-5H3,(H,22,25)(H,23,26). The lowest BCUT2D eigenvalue weighted by Crippen LogP contribution is -2.62. The monoisotopic (exact) mass is 359 g/mol. The highest BCUT2D eigenvalue weighted by atomic mass is 16.2. The summed E-state index contributed by atoms with van der Waals surface area (Å²) in [5.74, 6) is -1.18. The van der Waals surface area contributed by atoms with E-state index >= 15 is 0 Å². The first-order chi connectivity index (χ1) is 12.1. The molecule has 5 nitrogen and oxygen atoms in total. The van der Waals surface area contributed by atoms with Crippen LogP contribution in [0.15, 0.2) is 24.3 Å². The van der Waals surface area contributed by atoms with Crippen LogP contribution in [0.2, 0.25) is 0 Å². The Morgan fingerprint density at radius 1 is 1.04 bits per heavy atom. The average molecular weight is 360 g/mol. The molecule has 0 atom stereocenters. The van der Waals surface area contributed by atoms with Crippen molar-refractivity contribution in [3.63, 3.8) is 0 Å². The predicted molar refractivity (Wildman–Crippen MR) is 106 cm³/mol. The molecule has 0 aliphatic carbocycles. The van der Waals surface area contributed by atoms with Gasteiger partial charge in [0.25, 0.3) is 0 Å². The fourth-order valence-corrected chi connectivity index (χ4v) is 4.00. The average Bonchev–Trinajstić information content (AvgIpc) is 2.51. The van der Waals surface area contributed by atoms with E-state index in [1.165, 1.54) is 5.56 Å². The Morgan fingerprint density at radius 2 is 1.62 bits per heavy atom. The van der Waals surface area contributed by atoms with E-state index < -0.39 is 11.8 Å². The molecular weight excluding hydrogens is 326 g/mol. The summed E-state index contributed by atoms with van der Waals surface area (Å²) in [7, 11) is 0. The number of hydrogen-bond donors (Lipinski definition) is 3.